The van der Waals surface area contributed by atoms with E-state index in [1.165, 1.54) is 6.92 Å². The fourth-order valence-electron chi connectivity index (χ4n) is 8.66. The number of nitrogens with zero attached hydrogens (tertiary/aromatic N) is 6. The molecule has 3 aromatic heterocycles. The van der Waals surface area contributed by atoms with Crippen molar-refractivity contribution in [1.82, 2.24) is 39.8 Å². The Labute approximate surface area is 356 Å². The normalized spacial score (nSPS) is 18.5. The molecular weight excluding hydrogens is 791 g/mol. The van der Waals surface area contributed by atoms with Crippen molar-refractivity contribution in [2.75, 3.05) is 19.7 Å². The minimum atomic E-state index is -0.918. The maximum absolute atomic E-state index is 13.9. The summed E-state index contributed by atoms with van der Waals surface area (Å²) in [5.41, 5.74) is 7.04. The number of fused-ring (bicyclic) bond motifs is 1. The van der Waals surface area contributed by atoms with E-state index in [4.69, 9.17) is 15.0 Å². The topological polar surface area (TPSA) is 177 Å². The number of aromatic amines is 1. The van der Waals surface area contributed by atoms with Crippen LogP contribution >= 0.6 is 11.3 Å². The molecule has 3 aliphatic heterocycles. The number of aromatic nitrogens is 4. The molecule has 6 aromatic rings. The maximum atomic E-state index is 13.9. The number of rotatable bonds is 12. The molecule has 2 saturated heterocycles. The van der Waals surface area contributed by atoms with Crippen molar-refractivity contribution >= 4 is 51.2 Å². The summed E-state index contributed by atoms with van der Waals surface area (Å²) >= 11 is 1.60. The Morgan fingerprint density at radius 2 is 1.44 bits per heavy atom. The molecule has 6 heterocycles. The first-order valence-electron chi connectivity index (χ1n) is 20.5. The van der Waals surface area contributed by atoms with Gasteiger partial charge in [0.05, 0.1) is 34.5 Å². The van der Waals surface area contributed by atoms with Gasteiger partial charge in [0.25, 0.3) is 0 Å². The van der Waals surface area contributed by atoms with Crippen LogP contribution in [0.5, 0.6) is 0 Å². The number of imidazole rings is 2. The third kappa shape index (κ3) is 8.13. The fourth-order valence-corrected chi connectivity index (χ4v) is 9.63. The van der Waals surface area contributed by atoms with E-state index in [2.05, 4.69) is 21.8 Å². The van der Waals surface area contributed by atoms with Gasteiger partial charge in [-0.1, -0.05) is 96.3 Å². The Hall–Kier alpha value is -6.71. The lowest BCUT2D eigenvalue weighted by atomic mass is 10.0. The number of hydrogen-bond donors (Lipinski definition) is 4. The first-order chi connectivity index (χ1) is 29.7. The molecule has 4 amide bonds. The summed E-state index contributed by atoms with van der Waals surface area (Å²) < 4.78 is 2.04. The molecule has 0 spiro atoms. The van der Waals surface area contributed by atoms with E-state index < -0.39 is 24.6 Å². The van der Waals surface area contributed by atoms with Gasteiger partial charge in [0, 0.05) is 56.3 Å². The number of allylic oxidation sites excluding steroid dienone is 1. The summed E-state index contributed by atoms with van der Waals surface area (Å²) in [4.78, 5) is 75.6. The van der Waals surface area contributed by atoms with Crippen molar-refractivity contribution in [3.63, 3.8) is 0 Å². The number of amides is 4. The van der Waals surface area contributed by atoms with E-state index in [-0.39, 0.29) is 29.8 Å². The molecule has 310 valence electrons. The molecule has 1 unspecified atom stereocenters. The first kappa shape index (κ1) is 39.7. The zero-order valence-electron chi connectivity index (χ0n) is 33.5. The van der Waals surface area contributed by atoms with Gasteiger partial charge < -0.3 is 30.5 Å². The van der Waals surface area contributed by atoms with Gasteiger partial charge in [-0.2, -0.15) is 0 Å². The summed E-state index contributed by atoms with van der Waals surface area (Å²) in [6.07, 6.45) is 11.7. The molecule has 4 N–H and O–H groups in total. The minimum absolute atomic E-state index is 0.115. The highest BCUT2D eigenvalue weighted by Gasteiger charge is 2.39. The molecule has 2 fully saturated rings. The van der Waals surface area contributed by atoms with E-state index in [1.807, 2.05) is 94.5 Å². The Morgan fingerprint density at radius 3 is 2.08 bits per heavy atom. The van der Waals surface area contributed by atoms with Crippen LogP contribution in [0, 0.1) is 0 Å². The largest absolute Gasteiger partial charge is 0.387 e. The van der Waals surface area contributed by atoms with Crippen LogP contribution in [0.25, 0.3) is 33.0 Å². The van der Waals surface area contributed by atoms with Crippen molar-refractivity contribution in [1.29, 1.82) is 0 Å². The lowest BCUT2D eigenvalue weighted by molar-refractivity contribution is -0.138. The zero-order chi connectivity index (χ0) is 42.0. The van der Waals surface area contributed by atoms with E-state index in [0.717, 1.165) is 74.9 Å². The van der Waals surface area contributed by atoms with Crippen LogP contribution in [0.4, 0.5) is 0 Å². The highest BCUT2D eigenvalue weighted by Crippen LogP contribution is 2.37. The number of carbonyl (C=O) groups excluding carboxylic acids is 4. The van der Waals surface area contributed by atoms with Crippen LogP contribution < -0.4 is 10.6 Å². The van der Waals surface area contributed by atoms with E-state index >= 15 is 0 Å². The predicted octanol–water partition coefficient (Wildman–Crippen LogP) is 6.02. The standard InChI is InChI=1S/C46H45N9O5S/c1-28(57)49-41(31-10-4-2-5-11-31)44(59)54-20-8-14-37(54)34-22-33(23-47-34)39-26-53-25-36(51-46(53)61-39)30-18-16-29(17-19-30)35-24-48-43(50-35)38-15-9-21-55(38)45(60)42(52-40(58)27-56)32-12-6-3-7-13-32/h2-7,10-13,16-19,23-26,37-38,41-42,56H,8-9,14-15,20-22,27H2,1H3,(H,48,50)(H,49,57)(H,52,58)/t37?,38-,41+,42+/m0/s1. The molecular formula is C46H45N9O5S. The van der Waals surface area contributed by atoms with Crippen LogP contribution in [0.2, 0.25) is 0 Å². The molecule has 61 heavy (non-hydrogen) atoms. The highest BCUT2D eigenvalue weighted by atomic mass is 32.1. The number of aliphatic hydroxyl groups is 1. The number of hydrogen-bond acceptors (Lipinski definition) is 9. The average molecular weight is 836 g/mol. The first-order valence-corrected chi connectivity index (χ1v) is 21.3. The molecule has 0 saturated carbocycles. The number of aliphatic imine (C=N–C) groups is 1. The number of aliphatic hydroxyl groups excluding tert-OH is 1. The molecule has 0 radical (unpaired) electrons. The van der Waals surface area contributed by atoms with Crippen molar-refractivity contribution in [2.45, 2.75) is 63.2 Å². The molecule has 14 nitrogen and oxygen atoms in total. The Balaban J connectivity index is 0.845. The minimum Gasteiger partial charge on any atom is -0.387 e. The summed E-state index contributed by atoms with van der Waals surface area (Å²) in [6, 6.07) is 24.5. The van der Waals surface area contributed by atoms with Gasteiger partial charge in [0.2, 0.25) is 23.6 Å². The quantitative estimate of drug-likeness (QED) is 0.117. The number of nitrogens with one attached hydrogen (secondary N) is 3. The van der Waals surface area contributed by atoms with Crippen LogP contribution in [0.15, 0.2) is 115 Å². The average Bonchev–Trinajstić information content (AvgIpc) is 4.14. The summed E-state index contributed by atoms with van der Waals surface area (Å²) in [5, 5.41) is 14.9. The van der Waals surface area contributed by atoms with Gasteiger partial charge in [0.15, 0.2) is 4.96 Å². The lowest BCUT2D eigenvalue weighted by Crippen LogP contribution is -2.46. The van der Waals surface area contributed by atoms with Crippen molar-refractivity contribution in [2.24, 2.45) is 4.99 Å². The van der Waals surface area contributed by atoms with E-state index in [9.17, 15) is 24.3 Å². The summed E-state index contributed by atoms with van der Waals surface area (Å²) in [5.74, 6) is -0.548. The third-order valence-corrected chi connectivity index (χ3v) is 12.7. The van der Waals surface area contributed by atoms with Gasteiger partial charge in [-0.3, -0.25) is 28.6 Å². The van der Waals surface area contributed by atoms with Crippen LogP contribution in [-0.4, -0.2) is 89.3 Å². The zero-order valence-corrected chi connectivity index (χ0v) is 34.3. The molecule has 9 rings (SSSR count). The number of thiazole rings is 1. The molecule has 3 aliphatic rings. The molecule has 4 atom stereocenters. The van der Waals surface area contributed by atoms with Gasteiger partial charge >= 0.3 is 0 Å². The van der Waals surface area contributed by atoms with Gasteiger partial charge in [-0.05, 0) is 47.9 Å². The summed E-state index contributed by atoms with van der Waals surface area (Å²) in [6.45, 7) is 1.88. The second-order valence-corrected chi connectivity index (χ2v) is 16.6. The van der Waals surface area contributed by atoms with Crippen molar-refractivity contribution in [3.05, 3.63) is 132 Å². The molecule has 0 aliphatic carbocycles. The second kappa shape index (κ2) is 17.1. The highest BCUT2D eigenvalue weighted by molar-refractivity contribution is 7.18. The summed E-state index contributed by atoms with van der Waals surface area (Å²) in [7, 11) is 0. The van der Waals surface area contributed by atoms with Gasteiger partial charge in [-0.25, -0.2) is 9.97 Å². The number of likely N-dealkylation sites (tertiary alicyclic amines) is 2. The lowest BCUT2D eigenvalue weighted by Gasteiger charge is -2.29. The predicted molar refractivity (Wildman–Crippen MR) is 232 cm³/mol. The molecule has 3 aromatic carbocycles. The maximum Gasteiger partial charge on any atom is 0.250 e. The Kier molecular flexibility index (Phi) is 11.1. The van der Waals surface area contributed by atoms with Crippen LogP contribution in [0.3, 0.4) is 0 Å². The monoisotopic (exact) mass is 835 g/mol. The Bertz CT molecular complexity index is 2620. The SMILES string of the molecule is CC(=O)N[C@@H](C(=O)N1CCCC1C1=NC=C(c2cn3cc(-c4ccc(-c5cnc([C@@H]6CCCN6C(=O)[C@H](NC(=O)CO)c6ccccc6)[nH]5)cc4)nc3s2)C1)c1ccccc1. The molecule has 15 heteroatoms. The van der Waals surface area contributed by atoms with Crippen molar-refractivity contribution < 1.29 is 24.3 Å². The number of carbonyl (C=O) groups is 4. The second-order valence-electron chi connectivity index (χ2n) is 15.6. The van der Waals surface area contributed by atoms with Crippen LogP contribution in [0.1, 0.15) is 79.0 Å². The smallest absolute Gasteiger partial charge is 0.250 e. The number of H-pyrrole nitrogens is 1. The number of benzene rings is 3. The molecule has 0 bridgehead atoms. The van der Waals surface area contributed by atoms with Crippen LogP contribution in [-0.2, 0) is 19.2 Å². The van der Waals surface area contributed by atoms with Crippen molar-refractivity contribution in [3.8, 4) is 22.5 Å². The van der Waals surface area contributed by atoms with Gasteiger partial charge in [0.1, 0.15) is 24.5 Å². The van der Waals surface area contributed by atoms with E-state index in [1.54, 1.807) is 34.6 Å². The fraction of sp³-hybridized carbons (Fsp3) is 0.283. The van der Waals surface area contributed by atoms with Gasteiger partial charge in [-0.15, -0.1) is 0 Å². The third-order valence-electron chi connectivity index (χ3n) is 11.6. The Morgan fingerprint density at radius 1 is 0.820 bits per heavy atom. The van der Waals surface area contributed by atoms with E-state index in [0.29, 0.717) is 30.9 Å².